The van der Waals surface area contributed by atoms with Crippen LogP contribution in [-0.4, -0.2) is 0 Å². The van der Waals surface area contributed by atoms with Gasteiger partial charge < -0.3 is 0 Å². The average molecular weight is 254 g/mol. The third-order valence-electron chi connectivity index (χ3n) is 2.13. The number of hydrogen-bond donors (Lipinski definition) is 0. The maximum Gasteiger partial charge on any atom is 0.157 e. The predicted molar refractivity (Wildman–Crippen MR) is 56.9 cm³/mol. The molecule has 0 spiro atoms. The molecule has 0 aliphatic heterocycles. The minimum absolute atomic E-state index is 0.694. The summed E-state index contributed by atoms with van der Waals surface area (Å²) in [6.45, 7) is 0. The number of nitrogens with zero attached hydrogens (tertiary/aromatic N) is 2. The molecule has 0 N–H and O–H groups in total. The van der Waals surface area contributed by atoms with E-state index in [4.69, 9.17) is 0 Å². The highest BCUT2D eigenvalue weighted by Crippen LogP contribution is 2.27. The van der Waals surface area contributed by atoms with Crippen molar-refractivity contribution in [2.24, 2.45) is 10.2 Å². The van der Waals surface area contributed by atoms with Crippen molar-refractivity contribution in [3.8, 4) is 0 Å². The molecule has 0 aromatic heterocycles. The van der Waals surface area contributed by atoms with Crippen LogP contribution in [0.4, 0.5) is 28.9 Å². The maximum absolute atomic E-state index is 13.2. The van der Waals surface area contributed by atoms with Crippen molar-refractivity contribution in [3.63, 3.8) is 0 Å². The van der Waals surface area contributed by atoms with E-state index in [1.165, 1.54) is 0 Å². The smallest absolute Gasteiger partial charge is 0.157 e. The SMILES string of the molecule is Fc1cccc(F)c1N=Nc1c(F)cccc1F. The van der Waals surface area contributed by atoms with Crippen LogP contribution in [0.1, 0.15) is 0 Å². The van der Waals surface area contributed by atoms with Gasteiger partial charge in [-0.2, -0.15) is 0 Å². The molecule has 0 aliphatic rings. The van der Waals surface area contributed by atoms with Crippen LogP contribution >= 0.6 is 0 Å². The van der Waals surface area contributed by atoms with Gasteiger partial charge in [-0.1, -0.05) is 12.1 Å². The predicted octanol–water partition coefficient (Wildman–Crippen LogP) is 4.66. The van der Waals surface area contributed by atoms with E-state index in [9.17, 15) is 17.6 Å². The van der Waals surface area contributed by atoms with Gasteiger partial charge in [0.2, 0.25) is 0 Å². The van der Waals surface area contributed by atoms with Gasteiger partial charge in [0.15, 0.2) is 34.6 Å². The first-order chi connectivity index (χ1) is 8.59. The molecule has 0 radical (unpaired) electrons. The Bertz CT molecular complexity index is 517. The van der Waals surface area contributed by atoms with Crippen LogP contribution in [0.3, 0.4) is 0 Å². The molecule has 0 unspecified atom stereocenters. The first-order valence-corrected chi connectivity index (χ1v) is 4.89. The second-order valence-corrected chi connectivity index (χ2v) is 3.34. The first kappa shape index (κ1) is 12.2. The van der Waals surface area contributed by atoms with Crippen LogP contribution in [0.5, 0.6) is 0 Å². The van der Waals surface area contributed by atoms with Crippen molar-refractivity contribution in [1.82, 2.24) is 0 Å². The van der Waals surface area contributed by atoms with Crippen molar-refractivity contribution in [2.75, 3.05) is 0 Å². The van der Waals surface area contributed by atoms with Crippen LogP contribution in [0.2, 0.25) is 0 Å². The third-order valence-corrected chi connectivity index (χ3v) is 2.13. The Morgan fingerprint density at radius 1 is 0.556 bits per heavy atom. The standard InChI is InChI=1S/C12H6F4N2/c13-7-3-1-4-8(14)11(7)17-18-12-9(15)5-2-6-10(12)16/h1-6H. The molecule has 2 rings (SSSR count). The summed E-state index contributed by atoms with van der Waals surface area (Å²) in [5, 5.41) is 6.38. The van der Waals surface area contributed by atoms with Gasteiger partial charge in [0.25, 0.3) is 0 Å². The number of rotatable bonds is 2. The Labute approximate surface area is 99.6 Å². The zero-order valence-corrected chi connectivity index (χ0v) is 8.87. The van der Waals surface area contributed by atoms with E-state index >= 15 is 0 Å². The summed E-state index contributed by atoms with van der Waals surface area (Å²) in [5.74, 6) is -3.85. The Balaban J connectivity index is 2.43. The van der Waals surface area contributed by atoms with Crippen LogP contribution in [-0.2, 0) is 0 Å². The number of halogens is 4. The molecule has 0 saturated carbocycles. The van der Waals surface area contributed by atoms with E-state index < -0.39 is 34.6 Å². The maximum atomic E-state index is 13.2. The van der Waals surface area contributed by atoms with Crippen LogP contribution in [0.15, 0.2) is 46.6 Å². The topological polar surface area (TPSA) is 24.7 Å². The van der Waals surface area contributed by atoms with E-state index in [-0.39, 0.29) is 0 Å². The van der Waals surface area contributed by atoms with Gasteiger partial charge in [0.1, 0.15) is 0 Å². The molecular weight excluding hydrogens is 248 g/mol. The Kier molecular flexibility index (Phi) is 3.36. The van der Waals surface area contributed by atoms with E-state index in [0.29, 0.717) is 0 Å². The molecule has 0 fully saturated rings. The zero-order chi connectivity index (χ0) is 13.1. The summed E-state index contributed by atoms with van der Waals surface area (Å²) >= 11 is 0. The number of azo groups is 1. The highest BCUT2D eigenvalue weighted by molar-refractivity contribution is 5.43. The molecule has 92 valence electrons. The van der Waals surface area contributed by atoms with Gasteiger partial charge in [-0.15, -0.1) is 10.2 Å². The monoisotopic (exact) mass is 254 g/mol. The highest BCUT2D eigenvalue weighted by Gasteiger charge is 2.10. The van der Waals surface area contributed by atoms with E-state index in [0.717, 1.165) is 36.4 Å². The van der Waals surface area contributed by atoms with Crippen molar-refractivity contribution in [3.05, 3.63) is 59.7 Å². The summed E-state index contributed by atoms with van der Waals surface area (Å²) in [6, 6.07) is 6.16. The van der Waals surface area contributed by atoms with Crippen LogP contribution in [0.25, 0.3) is 0 Å². The highest BCUT2D eigenvalue weighted by atomic mass is 19.1. The van der Waals surface area contributed by atoms with Crippen molar-refractivity contribution >= 4 is 11.4 Å². The van der Waals surface area contributed by atoms with Gasteiger partial charge >= 0.3 is 0 Å². The van der Waals surface area contributed by atoms with Crippen LogP contribution < -0.4 is 0 Å². The zero-order valence-electron chi connectivity index (χ0n) is 8.87. The fourth-order valence-electron chi connectivity index (χ4n) is 1.27. The first-order valence-electron chi connectivity index (χ1n) is 4.89. The molecule has 2 aromatic rings. The molecule has 2 aromatic carbocycles. The lowest BCUT2D eigenvalue weighted by Gasteiger charge is -1.99. The third kappa shape index (κ3) is 2.37. The normalized spacial score (nSPS) is 11.1. The lowest BCUT2D eigenvalue weighted by molar-refractivity contribution is 0.577. The molecular formula is C12H6F4N2. The number of hydrogen-bond acceptors (Lipinski definition) is 2. The molecule has 0 aliphatic carbocycles. The minimum Gasteiger partial charge on any atom is -0.204 e. The fourth-order valence-corrected chi connectivity index (χ4v) is 1.27. The second-order valence-electron chi connectivity index (χ2n) is 3.34. The molecule has 0 bridgehead atoms. The summed E-state index contributed by atoms with van der Waals surface area (Å²) in [6.07, 6.45) is 0. The molecule has 0 heterocycles. The Morgan fingerprint density at radius 2 is 0.833 bits per heavy atom. The van der Waals surface area contributed by atoms with Crippen molar-refractivity contribution in [1.29, 1.82) is 0 Å². The molecule has 0 atom stereocenters. The fraction of sp³-hybridized carbons (Fsp3) is 0. The van der Waals surface area contributed by atoms with Gasteiger partial charge in [-0.05, 0) is 24.3 Å². The Morgan fingerprint density at radius 3 is 1.11 bits per heavy atom. The summed E-state index contributed by atoms with van der Waals surface area (Å²) < 4.78 is 52.7. The summed E-state index contributed by atoms with van der Waals surface area (Å²) in [5.41, 5.74) is -1.39. The molecule has 18 heavy (non-hydrogen) atoms. The second kappa shape index (κ2) is 4.95. The van der Waals surface area contributed by atoms with Gasteiger partial charge in [0, 0.05) is 0 Å². The number of benzene rings is 2. The van der Waals surface area contributed by atoms with E-state index in [1.54, 1.807) is 0 Å². The lowest BCUT2D eigenvalue weighted by Crippen LogP contribution is -1.83. The van der Waals surface area contributed by atoms with E-state index in [2.05, 4.69) is 10.2 Å². The van der Waals surface area contributed by atoms with Crippen LogP contribution in [0, 0.1) is 23.3 Å². The van der Waals surface area contributed by atoms with Crippen molar-refractivity contribution < 1.29 is 17.6 Å². The van der Waals surface area contributed by atoms with Crippen molar-refractivity contribution in [2.45, 2.75) is 0 Å². The molecule has 0 saturated heterocycles. The molecule has 6 heteroatoms. The molecule has 2 nitrogen and oxygen atoms in total. The quantitative estimate of drug-likeness (QED) is 0.550. The van der Waals surface area contributed by atoms with Gasteiger partial charge in [-0.3, -0.25) is 0 Å². The van der Waals surface area contributed by atoms with Gasteiger partial charge in [-0.25, -0.2) is 17.6 Å². The summed E-state index contributed by atoms with van der Waals surface area (Å²) in [7, 11) is 0. The van der Waals surface area contributed by atoms with Gasteiger partial charge in [0.05, 0.1) is 0 Å². The largest absolute Gasteiger partial charge is 0.204 e. The van der Waals surface area contributed by atoms with E-state index in [1.807, 2.05) is 0 Å². The summed E-state index contributed by atoms with van der Waals surface area (Å²) in [4.78, 5) is 0. The minimum atomic E-state index is -0.963. The molecule has 0 amide bonds. The lowest BCUT2D eigenvalue weighted by atomic mass is 10.3. The average Bonchev–Trinajstić information content (AvgIpc) is 2.31. The Hall–Kier alpha value is -2.24.